The molecule has 7 heteroatoms. The van der Waals surface area contributed by atoms with E-state index >= 15 is 0 Å². The van der Waals surface area contributed by atoms with Gasteiger partial charge in [-0.3, -0.25) is 0 Å². The van der Waals surface area contributed by atoms with E-state index < -0.39 is 0 Å². The average molecular weight is 280 g/mol. The number of hydrogen-bond donors (Lipinski definition) is 2. The molecular formula is C13H16N2O5. The Morgan fingerprint density at radius 1 is 1.15 bits per heavy atom. The SMILES string of the molecule is COCCOCCc1noc(-c2c(O)cccc2O)n1. The zero-order valence-electron chi connectivity index (χ0n) is 11.1. The summed E-state index contributed by atoms with van der Waals surface area (Å²) in [4.78, 5) is 4.11. The molecular weight excluding hydrogens is 264 g/mol. The lowest BCUT2D eigenvalue weighted by Crippen LogP contribution is -2.05. The second-order valence-corrected chi connectivity index (χ2v) is 4.04. The van der Waals surface area contributed by atoms with E-state index in [4.69, 9.17) is 14.0 Å². The van der Waals surface area contributed by atoms with Crippen molar-refractivity contribution in [1.82, 2.24) is 10.1 Å². The molecule has 2 N–H and O–H groups in total. The van der Waals surface area contributed by atoms with Crippen LogP contribution in [0.4, 0.5) is 0 Å². The minimum absolute atomic E-state index is 0.0764. The first-order valence-electron chi connectivity index (χ1n) is 6.13. The van der Waals surface area contributed by atoms with Crippen molar-refractivity contribution in [2.24, 2.45) is 0 Å². The second-order valence-electron chi connectivity index (χ2n) is 4.04. The summed E-state index contributed by atoms with van der Waals surface area (Å²) in [5.41, 5.74) is 0.131. The highest BCUT2D eigenvalue weighted by atomic mass is 16.5. The zero-order valence-corrected chi connectivity index (χ0v) is 11.1. The quantitative estimate of drug-likeness (QED) is 0.739. The summed E-state index contributed by atoms with van der Waals surface area (Å²) in [5.74, 6) is 0.292. The summed E-state index contributed by atoms with van der Waals surface area (Å²) >= 11 is 0. The predicted molar refractivity (Wildman–Crippen MR) is 69.5 cm³/mol. The summed E-state index contributed by atoms with van der Waals surface area (Å²) < 4.78 is 15.2. The number of methoxy groups -OCH3 is 1. The first kappa shape index (κ1) is 14.3. The van der Waals surface area contributed by atoms with Gasteiger partial charge in [0.15, 0.2) is 5.82 Å². The van der Waals surface area contributed by atoms with Gasteiger partial charge in [-0.05, 0) is 12.1 Å². The zero-order chi connectivity index (χ0) is 14.4. The van der Waals surface area contributed by atoms with Crippen molar-refractivity contribution in [3.63, 3.8) is 0 Å². The molecule has 2 rings (SSSR count). The molecule has 0 bridgehead atoms. The topological polar surface area (TPSA) is 97.8 Å². The molecule has 0 saturated carbocycles. The third kappa shape index (κ3) is 3.46. The highest BCUT2D eigenvalue weighted by molar-refractivity contribution is 5.69. The van der Waals surface area contributed by atoms with Crippen molar-refractivity contribution in [2.75, 3.05) is 26.9 Å². The molecule has 0 atom stereocenters. The van der Waals surface area contributed by atoms with Crippen molar-refractivity contribution >= 4 is 0 Å². The lowest BCUT2D eigenvalue weighted by atomic mass is 10.2. The van der Waals surface area contributed by atoms with Crippen LogP contribution in [0.2, 0.25) is 0 Å². The van der Waals surface area contributed by atoms with Crippen molar-refractivity contribution in [2.45, 2.75) is 6.42 Å². The summed E-state index contributed by atoms with van der Waals surface area (Å²) in [6.07, 6.45) is 0.474. The Hall–Kier alpha value is -2.12. The summed E-state index contributed by atoms with van der Waals surface area (Å²) in [7, 11) is 1.60. The first-order chi connectivity index (χ1) is 9.72. The van der Waals surface area contributed by atoms with Crippen LogP contribution in [0.1, 0.15) is 5.82 Å². The van der Waals surface area contributed by atoms with Gasteiger partial charge < -0.3 is 24.2 Å². The molecule has 1 heterocycles. The standard InChI is InChI=1S/C13H16N2O5/c1-18-7-8-19-6-5-11-14-13(20-15-11)12-9(16)3-2-4-10(12)17/h2-4,16-17H,5-8H2,1H3. The normalized spacial score (nSPS) is 10.8. The smallest absolute Gasteiger partial charge is 0.265 e. The van der Waals surface area contributed by atoms with Crippen LogP contribution >= 0.6 is 0 Å². The Kier molecular flexibility index (Phi) is 4.91. The molecule has 1 aromatic carbocycles. The Labute approximate surface area is 115 Å². The Bertz CT molecular complexity index is 535. The monoisotopic (exact) mass is 280 g/mol. The largest absolute Gasteiger partial charge is 0.507 e. The van der Waals surface area contributed by atoms with Crippen LogP contribution in [-0.4, -0.2) is 47.3 Å². The second kappa shape index (κ2) is 6.88. The first-order valence-corrected chi connectivity index (χ1v) is 6.13. The van der Waals surface area contributed by atoms with Crippen LogP contribution in [0.5, 0.6) is 11.5 Å². The number of aromatic hydroxyl groups is 2. The van der Waals surface area contributed by atoms with Crippen molar-refractivity contribution in [3.8, 4) is 23.0 Å². The van der Waals surface area contributed by atoms with Gasteiger partial charge >= 0.3 is 0 Å². The van der Waals surface area contributed by atoms with Crippen LogP contribution in [0, 0.1) is 0 Å². The molecule has 1 aromatic heterocycles. The summed E-state index contributed by atoms with van der Waals surface area (Å²) in [6, 6.07) is 4.40. The van der Waals surface area contributed by atoms with Gasteiger partial charge in [0.25, 0.3) is 5.89 Å². The summed E-state index contributed by atoms with van der Waals surface area (Å²) in [6.45, 7) is 1.47. The van der Waals surface area contributed by atoms with E-state index in [1.807, 2.05) is 0 Å². The Morgan fingerprint density at radius 2 is 1.90 bits per heavy atom. The number of hydrogen-bond acceptors (Lipinski definition) is 7. The number of phenolic OH excluding ortho intramolecular Hbond substituents is 2. The molecule has 0 aliphatic carbocycles. The summed E-state index contributed by atoms with van der Waals surface area (Å²) in [5, 5.41) is 23.2. The number of ether oxygens (including phenoxy) is 2. The molecule has 2 aromatic rings. The number of rotatable bonds is 7. The number of nitrogens with zero attached hydrogens (tertiary/aromatic N) is 2. The van der Waals surface area contributed by atoms with E-state index in [9.17, 15) is 10.2 Å². The van der Waals surface area contributed by atoms with Gasteiger partial charge in [-0.25, -0.2) is 0 Å². The molecule has 0 amide bonds. The molecule has 0 saturated heterocycles. The van der Waals surface area contributed by atoms with Gasteiger partial charge in [0.2, 0.25) is 0 Å². The fourth-order valence-electron chi connectivity index (χ4n) is 1.61. The van der Waals surface area contributed by atoms with E-state index in [0.717, 1.165) is 0 Å². The lowest BCUT2D eigenvalue weighted by molar-refractivity contribution is 0.0714. The van der Waals surface area contributed by atoms with Crippen LogP contribution in [0.25, 0.3) is 11.5 Å². The molecule has 0 spiro atoms. The maximum atomic E-state index is 9.70. The fraction of sp³-hybridized carbons (Fsp3) is 0.385. The number of phenols is 2. The highest BCUT2D eigenvalue weighted by Gasteiger charge is 2.16. The van der Waals surface area contributed by atoms with E-state index in [1.54, 1.807) is 7.11 Å². The molecule has 108 valence electrons. The maximum absolute atomic E-state index is 9.70. The van der Waals surface area contributed by atoms with Crippen molar-refractivity contribution in [3.05, 3.63) is 24.0 Å². The van der Waals surface area contributed by atoms with Crippen LogP contribution in [0.3, 0.4) is 0 Å². The van der Waals surface area contributed by atoms with Crippen molar-refractivity contribution < 1.29 is 24.2 Å². The number of aromatic nitrogens is 2. The van der Waals surface area contributed by atoms with Gasteiger partial charge in [0.05, 0.1) is 19.8 Å². The van der Waals surface area contributed by atoms with Crippen molar-refractivity contribution in [1.29, 1.82) is 0 Å². The molecule has 0 aliphatic rings. The Morgan fingerprint density at radius 3 is 2.60 bits per heavy atom. The van der Waals surface area contributed by atoms with E-state index in [-0.39, 0.29) is 23.0 Å². The molecule has 20 heavy (non-hydrogen) atoms. The van der Waals surface area contributed by atoms with Crippen LogP contribution in [0.15, 0.2) is 22.7 Å². The van der Waals surface area contributed by atoms with E-state index in [0.29, 0.717) is 32.1 Å². The molecule has 7 nitrogen and oxygen atoms in total. The lowest BCUT2D eigenvalue weighted by Gasteiger charge is -2.01. The van der Waals surface area contributed by atoms with Gasteiger partial charge in [-0.2, -0.15) is 4.98 Å². The predicted octanol–water partition coefficient (Wildman–Crippen LogP) is 1.35. The van der Waals surface area contributed by atoms with Crippen LogP contribution in [-0.2, 0) is 15.9 Å². The van der Waals surface area contributed by atoms with E-state index in [2.05, 4.69) is 10.1 Å². The number of benzene rings is 1. The Balaban J connectivity index is 1.98. The molecule has 0 aliphatic heterocycles. The van der Waals surface area contributed by atoms with Gasteiger partial charge in [0.1, 0.15) is 17.1 Å². The fourth-order valence-corrected chi connectivity index (χ4v) is 1.61. The molecule has 0 radical (unpaired) electrons. The van der Waals surface area contributed by atoms with Gasteiger partial charge in [-0.1, -0.05) is 11.2 Å². The average Bonchev–Trinajstić information content (AvgIpc) is 2.87. The van der Waals surface area contributed by atoms with Gasteiger partial charge in [0, 0.05) is 13.5 Å². The minimum Gasteiger partial charge on any atom is -0.507 e. The van der Waals surface area contributed by atoms with E-state index in [1.165, 1.54) is 18.2 Å². The third-order valence-corrected chi connectivity index (χ3v) is 2.60. The molecule has 0 unspecified atom stereocenters. The minimum atomic E-state index is -0.114. The third-order valence-electron chi connectivity index (χ3n) is 2.60. The maximum Gasteiger partial charge on any atom is 0.265 e. The van der Waals surface area contributed by atoms with Crippen LogP contribution < -0.4 is 0 Å². The highest BCUT2D eigenvalue weighted by Crippen LogP contribution is 2.35. The van der Waals surface area contributed by atoms with Gasteiger partial charge in [-0.15, -0.1) is 0 Å². The molecule has 0 fully saturated rings.